The van der Waals surface area contributed by atoms with Crippen molar-refractivity contribution in [2.45, 2.75) is 5.75 Å². The van der Waals surface area contributed by atoms with Gasteiger partial charge in [0.2, 0.25) is 5.88 Å². The lowest BCUT2D eigenvalue weighted by atomic mass is 10.3. The lowest BCUT2D eigenvalue weighted by Crippen LogP contribution is -1.94. The summed E-state index contributed by atoms with van der Waals surface area (Å²) in [5, 5.41) is 0. The molecule has 0 bridgehead atoms. The van der Waals surface area contributed by atoms with E-state index in [2.05, 4.69) is 4.98 Å². The topological polar surface area (TPSA) is 62.2 Å². The number of rotatable bonds is 3. The molecule has 5 heteroatoms. The van der Waals surface area contributed by atoms with E-state index in [9.17, 15) is 8.76 Å². The summed E-state index contributed by atoms with van der Waals surface area (Å²) >= 11 is -2.06. The highest BCUT2D eigenvalue weighted by atomic mass is 32.2. The maximum absolute atomic E-state index is 10.3. The third-order valence-electron chi connectivity index (χ3n) is 1.29. The van der Waals surface area contributed by atoms with Gasteiger partial charge >= 0.3 is 0 Å². The number of methoxy groups -OCH3 is 1. The Kier molecular flexibility index (Phi) is 3.19. The van der Waals surface area contributed by atoms with Crippen molar-refractivity contribution in [1.29, 1.82) is 0 Å². The third kappa shape index (κ3) is 2.60. The molecule has 0 spiro atoms. The average Bonchev–Trinajstić information content (AvgIpc) is 2.05. The van der Waals surface area contributed by atoms with E-state index >= 15 is 0 Å². The average molecular weight is 186 g/mol. The van der Waals surface area contributed by atoms with Crippen LogP contribution in [0.1, 0.15) is 5.56 Å². The molecular weight excluding hydrogens is 178 g/mol. The molecule has 12 heavy (non-hydrogen) atoms. The monoisotopic (exact) mass is 186 g/mol. The first-order chi connectivity index (χ1) is 5.72. The Labute approximate surface area is 72.9 Å². The molecule has 1 unspecified atom stereocenters. The minimum absolute atomic E-state index is 0.00298. The molecule has 0 amide bonds. The van der Waals surface area contributed by atoms with Gasteiger partial charge in [0.25, 0.3) is 0 Å². The summed E-state index contributed by atoms with van der Waals surface area (Å²) in [7, 11) is 1.51. The quantitative estimate of drug-likeness (QED) is 0.644. The van der Waals surface area contributed by atoms with Crippen LogP contribution in [0.5, 0.6) is 5.88 Å². The van der Waals surface area contributed by atoms with E-state index in [1.807, 2.05) is 0 Å². The molecule has 0 fully saturated rings. The SMILES string of the molecule is COc1ccc(CS(=O)[O-])cn1. The van der Waals surface area contributed by atoms with Gasteiger partial charge in [0, 0.05) is 18.0 Å². The fourth-order valence-corrected chi connectivity index (χ4v) is 1.20. The molecule has 1 rings (SSSR count). The van der Waals surface area contributed by atoms with Crippen molar-refractivity contribution >= 4 is 11.1 Å². The highest BCUT2D eigenvalue weighted by molar-refractivity contribution is 7.78. The Morgan fingerprint density at radius 1 is 1.67 bits per heavy atom. The predicted octanol–water partition coefficient (Wildman–Crippen LogP) is 0.469. The summed E-state index contributed by atoms with van der Waals surface area (Å²) in [4.78, 5) is 3.85. The lowest BCUT2D eigenvalue weighted by Gasteiger charge is -2.04. The van der Waals surface area contributed by atoms with Crippen LogP contribution in [0.15, 0.2) is 18.3 Å². The van der Waals surface area contributed by atoms with Gasteiger partial charge < -0.3 is 9.29 Å². The Morgan fingerprint density at radius 3 is 2.83 bits per heavy atom. The van der Waals surface area contributed by atoms with E-state index in [4.69, 9.17) is 4.74 Å². The normalized spacial score (nSPS) is 12.5. The summed E-state index contributed by atoms with van der Waals surface area (Å²) in [6.45, 7) is 0. The Hall–Kier alpha value is -0.940. The van der Waals surface area contributed by atoms with Crippen LogP contribution in [-0.4, -0.2) is 20.9 Å². The summed E-state index contributed by atoms with van der Waals surface area (Å²) < 4.78 is 25.3. The summed E-state index contributed by atoms with van der Waals surface area (Å²) in [5.41, 5.74) is 0.657. The van der Waals surface area contributed by atoms with E-state index in [-0.39, 0.29) is 5.75 Å². The lowest BCUT2D eigenvalue weighted by molar-refractivity contribution is 0.397. The zero-order valence-corrected chi connectivity index (χ0v) is 7.34. The van der Waals surface area contributed by atoms with Gasteiger partial charge in [-0.15, -0.1) is 0 Å². The molecule has 0 radical (unpaired) electrons. The molecule has 0 saturated heterocycles. The van der Waals surface area contributed by atoms with Crippen molar-refractivity contribution in [3.8, 4) is 5.88 Å². The second kappa shape index (κ2) is 4.18. The third-order valence-corrected chi connectivity index (χ3v) is 1.86. The van der Waals surface area contributed by atoms with Crippen molar-refractivity contribution in [3.05, 3.63) is 23.9 Å². The maximum Gasteiger partial charge on any atom is 0.212 e. The summed E-state index contributed by atoms with van der Waals surface area (Å²) in [6, 6.07) is 3.30. The molecule has 1 aromatic heterocycles. The van der Waals surface area contributed by atoms with Gasteiger partial charge in [0.1, 0.15) is 0 Å². The van der Waals surface area contributed by atoms with E-state index in [1.165, 1.54) is 13.3 Å². The highest BCUT2D eigenvalue weighted by Crippen LogP contribution is 2.07. The molecule has 1 aromatic rings. The molecule has 4 nitrogen and oxygen atoms in total. The van der Waals surface area contributed by atoms with Crippen LogP contribution in [0.3, 0.4) is 0 Å². The smallest absolute Gasteiger partial charge is 0.212 e. The van der Waals surface area contributed by atoms with Crippen molar-refractivity contribution in [3.63, 3.8) is 0 Å². The van der Waals surface area contributed by atoms with E-state index < -0.39 is 11.1 Å². The van der Waals surface area contributed by atoms with Crippen molar-refractivity contribution in [2.75, 3.05) is 7.11 Å². The number of hydrogen-bond acceptors (Lipinski definition) is 4. The Bertz CT molecular complexity index is 272. The van der Waals surface area contributed by atoms with Crippen LogP contribution in [0.25, 0.3) is 0 Å². The van der Waals surface area contributed by atoms with Crippen LogP contribution in [0.2, 0.25) is 0 Å². The predicted molar refractivity (Wildman–Crippen MR) is 43.4 cm³/mol. The molecule has 0 aliphatic carbocycles. The van der Waals surface area contributed by atoms with Crippen molar-refractivity contribution < 1.29 is 13.5 Å². The first-order valence-electron chi connectivity index (χ1n) is 3.27. The first kappa shape index (κ1) is 9.15. The fraction of sp³-hybridized carbons (Fsp3) is 0.286. The largest absolute Gasteiger partial charge is 0.772 e. The van der Waals surface area contributed by atoms with Gasteiger partial charge in [-0.1, -0.05) is 17.1 Å². The number of ether oxygens (including phenoxy) is 1. The Morgan fingerprint density at radius 2 is 2.42 bits per heavy atom. The second-order valence-electron chi connectivity index (χ2n) is 2.16. The van der Waals surface area contributed by atoms with Gasteiger partial charge in [0.15, 0.2) is 0 Å². The van der Waals surface area contributed by atoms with E-state index in [0.717, 1.165) is 0 Å². The molecule has 0 saturated carbocycles. The van der Waals surface area contributed by atoms with Gasteiger partial charge in [-0.25, -0.2) is 4.98 Å². The van der Waals surface area contributed by atoms with Crippen LogP contribution in [0, 0.1) is 0 Å². The number of pyridine rings is 1. The number of nitrogens with zero attached hydrogens (tertiary/aromatic N) is 1. The van der Waals surface area contributed by atoms with Gasteiger partial charge in [-0.3, -0.25) is 4.21 Å². The molecule has 0 aliphatic heterocycles. The zero-order valence-electron chi connectivity index (χ0n) is 6.52. The summed E-state index contributed by atoms with van der Waals surface area (Å²) in [6.07, 6.45) is 1.48. The summed E-state index contributed by atoms with van der Waals surface area (Å²) in [5.74, 6) is 0.479. The molecule has 0 N–H and O–H groups in total. The number of hydrogen-bond donors (Lipinski definition) is 0. The standard InChI is InChI=1S/C7H9NO3S/c1-11-7-3-2-6(4-8-7)5-12(9)10/h2-4H,5H2,1H3,(H,9,10)/p-1. The van der Waals surface area contributed by atoms with E-state index in [1.54, 1.807) is 12.1 Å². The molecular formula is C7H8NO3S-. The first-order valence-corrected chi connectivity index (χ1v) is 4.51. The molecule has 0 aliphatic rings. The van der Waals surface area contributed by atoms with Gasteiger partial charge in [0.05, 0.1) is 7.11 Å². The van der Waals surface area contributed by atoms with E-state index in [0.29, 0.717) is 11.4 Å². The Balaban J connectivity index is 2.71. The second-order valence-corrected chi connectivity index (χ2v) is 3.05. The maximum atomic E-state index is 10.3. The van der Waals surface area contributed by atoms with Crippen molar-refractivity contribution in [2.24, 2.45) is 0 Å². The van der Waals surface area contributed by atoms with Crippen LogP contribution < -0.4 is 4.74 Å². The number of aromatic nitrogens is 1. The van der Waals surface area contributed by atoms with Crippen molar-refractivity contribution in [1.82, 2.24) is 4.98 Å². The highest BCUT2D eigenvalue weighted by Gasteiger charge is 1.94. The minimum atomic E-state index is -2.06. The van der Waals surface area contributed by atoms with Gasteiger partial charge in [-0.2, -0.15) is 0 Å². The van der Waals surface area contributed by atoms with Crippen LogP contribution >= 0.6 is 0 Å². The molecule has 66 valence electrons. The molecule has 1 heterocycles. The molecule has 1 atom stereocenters. The van der Waals surface area contributed by atoms with Crippen LogP contribution in [-0.2, 0) is 16.8 Å². The minimum Gasteiger partial charge on any atom is -0.772 e. The zero-order chi connectivity index (χ0) is 8.97. The fourth-order valence-electron chi connectivity index (χ4n) is 0.753. The molecule has 0 aromatic carbocycles. The van der Waals surface area contributed by atoms with Gasteiger partial charge in [-0.05, 0) is 5.56 Å². The van der Waals surface area contributed by atoms with Crippen LogP contribution in [0.4, 0.5) is 0 Å².